The van der Waals surface area contributed by atoms with E-state index in [2.05, 4.69) is 42.1 Å². The number of nitrogens with zero attached hydrogens (tertiary/aromatic N) is 1. The second kappa shape index (κ2) is 7.03. The maximum Gasteiger partial charge on any atom is 0.0614 e. The second-order valence-corrected chi connectivity index (χ2v) is 3.64. The molecule has 2 nitrogen and oxygen atoms in total. The second-order valence-electron chi connectivity index (χ2n) is 3.64. The Labute approximate surface area is 98.5 Å². The summed E-state index contributed by atoms with van der Waals surface area (Å²) in [5.41, 5.74) is 2.46. The molecule has 0 aromatic carbocycles. The van der Waals surface area contributed by atoms with Gasteiger partial charge in [-0.3, -0.25) is 4.98 Å². The lowest BCUT2D eigenvalue weighted by Gasteiger charge is -2.17. The molecule has 1 unspecified atom stereocenters. The summed E-state index contributed by atoms with van der Waals surface area (Å²) in [4.78, 5) is 4.49. The SMILES string of the molecule is CC#CCC(NCC)c1ncccc1CC. The van der Waals surface area contributed by atoms with E-state index in [9.17, 15) is 0 Å². The predicted octanol–water partition coefficient (Wildman–Crippen LogP) is 2.71. The van der Waals surface area contributed by atoms with Crippen molar-refractivity contribution < 1.29 is 0 Å². The van der Waals surface area contributed by atoms with E-state index < -0.39 is 0 Å². The van der Waals surface area contributed by atoms with Gasteiger partial charge in [-0.1, -0.05) is 19.9 Å². The highest BCUT2D eigenvalue weighted by Gasteiger charge is 2.13. The van der Waals surface area contributed by atoms with Crippen LogP contribution in [-0.4, -0.2) is 11.5 Å². The van der Waals surface area contributed by atoms with E-state index in [0.29, 0.717) is 0 Å². The summed E-state index contributed by atoms with van der Waals surface area (Å²) in [6, 6.07) is 4.40. The molecule has 1 rings (SSSR count). The van der Waals surface area contributed by atoms with Crippen molar-refractivity contribution in [1.82, 2.24) is 10.3 Å². The van der Waals surface area contributed by atoms with Crippen LogP contribution in [0.15, 0.2) is 18.3 Å². The van der Waals surface area contributed by atoms with E-state index in [-0.39, 0.29) is 6.04 Å². The van der Waals surface area contributed by atoms with Crippen LogP contribution >= 0.6 is 0 Å². The fourth-order valence-electron chi connectivity index (χ4n) is 1.78. The average molecular weight is 216 g/mol. The third-order valence-corrected chi connectivity index (χ3v) is 2.57. The predicted molar refractivity (Wildman–Crippen MR) is 68.1 cm³/mol. The maximum absolute atomic E-state index is 4.49. The quantitative estimate of drug-likeness (QED) is 0.765. The number of hydrogen-bond acceptors (Lipinski definition) is 2. The number of aromatic nitrogens is 1. The van der Waals surface area contributed by atoms with Crippen molar-refractivity contribution in [2.24, 2.45) is 0 Å². The first-order valence-corrected chi connectivity index (χ1v) is 5.90. The molecule has 1 atom stereocenters. The molecule has 0 fully saturated rings. The van der Waals surface area contributed by atoms with Crippen molar-refractivity contribution in [2.75, 3.05) is 6.54 Å². The Hall–Kier alpha value is -1.33. The van der Waals surface area contributed by atoms with Crippen LogP contribution in [0.4, 0.5) is 0 Å². The number of nitrogens with one attached hydrogen (secondary N) is 1. The Morgan fingerprint density at radius 1 is 1.44 bits per heavy atom. The van der Waals surface area contributed by atoms with Crippen LogP contribution in [-0.2, 0) is 6.42 Å². The van der Waals surface area contributed by atoms with Gasteiger partial charge < -0.3 is 5.32 Å². The van der Waals surface area contributed by atoms with Crippen molar-refractivity contribution in [2.45, 2.75) is 39.7 Å². The molecule has 2 heteroatoms. The van der Waals surface area contributed by atoms with Crippen LogP contribution in [0.1, 0.15) is 44.5 Å². The standard InChI is InChI=1S/C14H20N2/c1-4-7-10-13(15-6-3)14-12(5-2)9-8-11-16-14/h8-9,11,13,15H,5-6,10H2,1-3H3. The van der Waals surface area contributed by atoms with Crippen molar-refractivity contribution in [3.05, 3.63) is 29.6 Å². The zero-order valence-electron chi connectivity index (χ0n) is 10.4. The lowest BCUT2D eigenvalue weighted by Crippen LogP contribution is -2.22. The summed E-state index contributed by atoms with van der Waals surface area (Å²) in [6.07, 6.45) is 3.71. The lowest BCUT2D eigenvalue weighted by molar-refractivity contribution is 0.546. The van der Waals surface area contributed by atoms with E-state index in [1.165, 1.54) is 5.56 Å². The van der Waals surface area contributed by atoms with Gasteiger partial charge in [0.15, 0.2) is 0 Å². The number of rotatable bonds is 5. The fraction of sp³-hybridized carbons (Fsp3) is 0.500. The van der Waals surface area contributed by atoms with Crippen LogP contribution in [0.3, 0.4) is 0 Å². The van der Waals surface area contributed by atoms with Crippen LogP contribution in [0.5, 0.6) is 0 Å². The van der Waals surface area contributed by atoms with Gasteiger partial charge in [-0.2, -0.15) is 0 Å². The number of hydrogen-bond donors (Lipinski definition) is 1. The van der Waals surface area contributed by atoms with Gasteiger partial charge in [-0.25, -0.2) is 0 Å². The Balaban J connectivity index is 2.93. The first kappa shape index (κ1) is 12.7. The van der Waals surface area contributed by atoms with Crippen molar-refractivity contribution in [3.8, 4) is 11.8 Å². The van der Waals surface area contributed by atoms with Crippen molar-refractivity contribution in [1.29, 1.82) is 0 Å². The van der Waals surface area contributed by atoms with Gasteiger partial charge in [-0.05, 0) is 31.5 Å². The smallest absolute Gasteiger partial charge is 0.0614 e. The molecule has 0 amide bonds. The summed E-state index contributed by atoms with van der Waals surface area (Å²) in [6.45, 7) is 7.09. The van der Waals surface area contributed by atoms with E-state index >= 15 is 0 Å². The number of aryl methyl sites for hydroxylation is 1. The molecule has 0 aliphatic rings. The molecule has 0 spiro atoms. The molecule has 1 aromatic heterocycles. The molecule has 1 N–H and O–H groups in total. The number of pyridine rings is 1. The average Bonchev–Trinajstić information content (AvgIpc) is 2.34. The van der Waals surface area contributed by atoms with Crippen molar-refractivity contribution >= 4 is 0 Å². The summed E-state index contributed by atoms with van der Waals surface area (Å²) in [5, 5.41) is 3.44. The molecule has 1 heterocycles. The normalized spacial score (nSPS) is 11.7. The van der Waals surface area contributed by atoms with Crippen LogP contribution in [0, 0.1) is 11.8 Å². The van der Waals surface area contributed by atoms with Gasteiger partial charge in [0.1, 0.15) is 0 Å². The highest BCUT2D eigenvalue weighted by molar-refractivity contribution is 5.24. The zero-order chi connectivity index (χ0) is 11.8. The largest absolute Gasteiger partial charge is 0.308 e. The lowest BCUT2D eigenvalue weighted by atomic mass is 10.0. The third-order valence-electron chi connectivity index (χ3n) is 2.57. The molecular formula is C14H20N2. The van der Waals surface area contributed by atoms with Gasteiger partial charge in [0, 0.05) is 12.6 Å². The summed E-state index contributed by atoms with van der Waals surface area (Å²) in [7, 11) is 0. The molecule has 0 saturated heterocycles. The van der Waals surface area contributed by atoms with E-state index in [1.807, 2.05) is 19.2 Å². The minimum absolute atomic E-state index is 0.258. The summed E-state index contributed by atoms with van der Waals surface area (Å²) >= 11 is 0. The molecule has 0 bridgehead atoms. The van der Waals surface area contributed by atoms with Crippen LogP contribution in [0.25, 0.3) is 0 Å². The minimum Gasteiger partial charge on any atom is -0.308 e. The van der Waals surface area contributed by atoms with Gasteiger partial charge >= 0.3 is 0 Å². The van der Waals surface area contributed by atoms with Crippen LogP contribution in [0.2, 0.25) is 0 Å². The topological polar surface area (TPSA) is 24.9 Å². The fourth-order valence-corrected chi connectivity index (χ4v) is 1.78. The Bertz CT molecular complexity index is 374. The molecule has 16 heavy (non-hydrogen) atoms. The summed E-state index contributed by atoms with van der Waals surface area (Å²) < 4.78 is 0. The minimum atomic E-state index is 0.258. The summed E-state index contributed by atoms with van der Waals surface area (Å²) in [5.74, 6) is 6.08. The molecule has 86 valence electrons. The Kier molecular flexibility index (Phi) is 5.60. The Morgan fingerprint density at radius 3 is 2.88 bits per heavy atom. The first-order valence-electron chi connectivity index (χ1n) is 5.90. The van der Waals surface area contributed by atoms with Gasteiger partial charge in [0.05, 0.1) is 11.7 Å². The molecule has 0 aliphatic carbocycles. The van der Waals surface area contributed by atoms with Crippen molar-refractivity contribution in [3.63, 3.8) is 0 Å². The Morgan fingerprint density at radius 2 is 2.25 bits per heavy atom. The molecule has 1 aromatic rings. The monoisotopic (exact) mass is 216 g/mol. The van der Waals surface area contributed by atoms with E-state index in [4.69, 9.17) is 0 Å². The molecule has 0 aliphatic heterocycles. The third kappa shape index (κ3) is 3.36. The maximum atomic E-state index is 4.49. The van der Waals surface area contributed by atoms with Gasteiger partial charge in [-0.15, -0.1) is 11.8 Å². The van der Waals surface area contributed by atoms with Gasteiger partial charge in [0.2, 0.25) is 0 Å². The molecular weight excluding hydrogens is 196 g/mol. The van der Waals surface area contributed by atoms with Crippen LogP contribution < -0.4 is 5.32 Å². The highest BCUT2D eigenvalue weighted by atomic mass is 14.9. The van der Waals surface area contributed by atoms with E-state index in [0.717, 1.165) is 25.1 Å². The molecule has 0 saturated carbocycles. The van der Waals surface area contributed by atoms with E-state index in [1.54, 1.807) is 0 Å². The molecule has 0 radical (unpaired) electrons. The van der Waals surface area contributed by atoms with Gasteiger partial charge in [0.25, 0.3) is 0 Å². The zero-order valence-corrected chi connectivity index (χ0v) is 10.4. The first-order chi connectivity index (χ1) is 7.83. The highest BCUT2D eigenvalue weighted by Crippen LogP contribution is 2.18.